The molecule has 0 aliphatic heterocycles. The van der Waals surface area contributed by atoms with Crippen molar-refractivity contribution in [3.63, 3.8) is 0 Å². The number of carboxylic acids is 1. The van der Waals surface area contributed by atoms with Crippen LogP contribution in [0.5, 0.6) is 0 Å². The van der Waals surface area contributed by atoms with Crippen LogP contribution in [-0.2, 0) is 4.79 Å². The summed E-state index contributed by atoms with van der Waals surface area (Å²) in [6.07, 6.45) is 4.87. The fraction of sp³-hybridized carbons (Fsp3) is 0.280. The Bertz CT molecular complexity index is 1490. The highest BCUT2D eigenvalue weighted by Crippen LogP contribution is 2.39. The Hall–Kier alpha value is -3.74. The standard InChI is InChI=1S/C25H23N5O2/c1-14-21-22(16-7-9-17(10-8-16)25(31)32)27-23-20(13-26-30(23)24(21)29-28-14)19-11-6-15-4-2-3-5-18(15)12-19/h2-6,11-13,16-17H,7-10H2,1H3,(H,28,29)(H,31,32)/t16-,17-. The van der Waals surface area contributed by atoms with Crippen molar-refractivity contribution in [1.82, 2.24) is 24.8 Å². The van der Waals surface area contributed by atoms with E-state index in [1.54, 1.807) is 0 Å². The zero-order valence-corrected chi connectivity index (χ0v) is 17.7. The van der Waals surface area contributed by atoms with Crippen LogP contribution in [0.15, 0.2) is 48.7 Å². The van der Waals surface area contributed by atoms with Gasteiger partial charge in [0.1, 0.15) is 0 Å². The number of aromatic amines is 1. The molecule has 7 heteroatoms. The minimum absolute atomic E-state index is 0.216. The molecule has 5 aromatic rings. The number of fused-ring (bicyclic) bond motifs is 4. The number of aromatic nitrogens is 5. The number of rotatable bonds is 3. The fourth-order valence-corrected chi connectivity index (χ4v) is 5.13. The third-order valence-corrected chi connectivity index (χ3v) is 6.89. The van der Waals surface area contributed by atoms with E-state index in [1.807, 2.05) is 29.8 Å². The fourth-order valence-electron chi connectivity index (χ4n) is 5.13. The van der Waals surface area contributed by atoms with E-state index in [4.69, 9.17) is 4.98 Å². The molecule has 32 heavy (non-hydrogen) atoms. The molecule has 0 atom stereocenters. The maximum Gasteiger partial charge on any atom is 0.306 e. The number of nitrogens with one attached hydrogen (secondary N) is 1. The van der Waals surface area contributed by atoms with E-state index in [2.05, 4.69) is 45.6 Å². The molecule has 2 aromatic carbocycles. The third kappa shape index (κ3) is 2.88. The summed E-state index contributed by atoms with van der Waals surface area (Å²) in [7, 11) is 0. The number of benzene rings is 2. The Morgan fingerprint density at radius 2 is 1.88 bits per heavy atom. The Morgan fingerprint density at radius 3 is 2.66 bits per heavy atom. The summed E-state index contributed by atoms with van der Waals surface area (Å²) in [6, 6.07) is 14.7. The number of carbonyl (C=O) groups is 1. The smallest absolute Gasteiger partial charge is 0.306 e. The molecule has 160 valence electrons. The molecule has 1 aliphatic carbocycles. The lowest BCUT2D eigenvalue weighted by Gasteiger charge is -2.26. The Labute approximate surface area is 184 Å². The number of aryl methyl sites for hydroxylation is 1. The number of hydrogen-bond donors (Lipinski definition) is 2. The van der Waals surface area contributed by atoms with Crippen molar-refractivity contribution in [2.24, 2.45) is 5.92 Å². The first-order chi connectivity index (χ1) is 15.6. The normalized spacial score (nSPS) is 19.2. The lowest BCUT2D eigenvalue weighted by atomic mass is 9.79. The van der Waals surface area contributed by atoms with Gasteiger partial charge in [-0.05, 0) is 55.0 Å². The van der Waals surface area contributed by atoms with E-state index < -0.39 is 5.97 Å². The number of hydrogen-bond acceptors (Lipinski definition) is 4. The second-order valence-corrected chi connectivity index (χ2v) is 8.77. The minimum atomic E-state index is -0.689. The van der Waals surface area contributed by atoms with E-state index in [9.17, 15) is 9.90 Å². The molecule has 6 rings (SSSR count). The quantitative estimate of drug-likeness (QED) is 0.420. The van der Waals surface area contributed by atoms with Crippen molar-refractivity contribution in [3.05, 3.63) is 60.0 Å². The Kier molecular flexibility index (Phi) is 4.24. The number of H-pyrrole nitrogens is 1. The average molecular weight is 425 g/mol. The minimum Gasteiger partial charge on any atom is -0.481 e. The first-order valence-corrected chi connectivity index (χ1v) is 11.0. The molecule has 0 spiro atoms. The van der Waals surface area contributed by atoms with Gasteiger partial charge >= 0.3 is 5.97 Å². The van der Waals surface area contributed by atoms with E-state index in [0.717, 1.165) is 52.0 Å². The molecule has 3 heterocycles. The van der Waals surface area contributed by atoms with Gasteiger partial charge in [-0.15, -0.1) is 0 Å². The average Bonchev–Trinajstić information content (AvgIpc) is 3.42. The summed E-state index contributed by atoms with van der Waals surface area (Å²) in [6.45, 7) is 1.98. The van der Waals surface area contributed by atoms with Gasteiger partial charge in [-0.2, -0.15) is 14.7 Å². The van der Waals surface area contributed by atoms with Crippen LogP contribution in [0.1, 0.15) is 43.0 Å². The number of aliphatic carboxylic acids is 1. The summed E-state index contributed by atoms with van der Waals surface area (Å²) in [4.78, 5) is 16.6. The zero-order valence-electron chi connectivity index (χ0n) is 17.7. The molecule has 1 saturated carbocycles. The van der Waals surface area contributed by atoms with Crippen molar-refractivity contribution < 1.29 is 9.90 Å². The molecule has 0 amide bonds. The predicted octanol–water partition coefficient (Wildman–Crippen LogP) is 5.09. The summed E-state index contributed by atoms with van der Waals surface area (Å²) in [5, 5.41) is 25.0. The van der Waals surface area contributed by atoms with Crippen LogP contribution >= 0.6 is 0 Å². The van der Waals surface area contributed by atoms with Crippen LogP contribution in [0.4, 0.5) is 0 Å². The highest BCUT2D eigenvalue weighted by molar-refractivity contribution is 5.92. The monoisotopic (exact) mass is 425 g/mol. The number of nitrogens with zero attached hydrogens (tertiary/aromatic N) is 4. The largest absolute Gasteiger partial charge is 0.481 e. The van der Waals surface area contributed by atoms with Gasteiger partial charge in [-0.3, -0.25) is 9.89 Å². The van der Waals surface area contributed by atoms with Crippen LogP contribution in [0.2, 0.25) is 0 Å². The zero-order chi connectivity index (χ0) is 21.8. The highest BCUT2D eigenvalue weighted by atomic mass is 16.4. The van der Waals surface area contributed by atoms with Crippen LogP contribution < -0.4 is 0 Å². The van der Waals surface area contributed by atoms with Crippen molar-refractivity contribution in [2.45, 2.75) is 38.5 Å². The first-order valence-electron chi connectivity index (χ1n) is 11.0. The SMILES string of the molecule is Cc1n[nH]c2c1c([C@H]1CC[C@H](C(=O)O)CC1)nc1c(-c3ccc4ccccc4c3)cnn12. The molecular weight excluding hydrogens is 402 g/mol. The van der Waals surface area contributed by atoms with E-state index >= 15 is 0 Å². The van der Waals surface area contributed by atoms with Gasteiger partial charge in [-0.25, -0.2) is 4.98 Å². The molecular formula is C25H23N5O2. The van der Waals surface area contributed by atoms with Crippen molar-refractivity contribution in [3.8, 4) is 11.1 Å². The van der Waals surface area contributed by atoms with Crippen molar-refractivity contribution in [2.75, 3.05) is 0 Å². The second-order valence-electron chi connectivity index (χ2n) is 8.77. The van der Waals surface area contributed by atoms with E-state index in [0.29, 0.717) is 12.8 Å². The maximum atomic E-state index is 11.4. The lowest BCUT2D eigenvalue weighted by Crippen LogP contribution is -2.21. The van der Waals surface area contributed by atoms with Gasteiger partial charge < -0.3 is 5.11 Å². The Morgan fingerprint density at radius 1 is 1.09 bits per heavy atom. The van der Waals surface area contributed by atoms with Gasteiger partial charge in [0.2, 0.25) is 0 Å². The van der Waals surface area contributed by atoms with E-state index in [1.165, 1.54) is 10.8 Å². The molecule has 2 N–H and O–H groups in total. The van der Waals surface area contributed by atoms with Crippen LogP contribution in [-0.4, -0.2) is 35.9 Å². The van der Waals surface area contributed by atoms with Gasteiger partial charge in [-0.1, -0.05) is 36.4 Å². The second kappa shape index (κ2) is 7.15. The van der Waals surface area contributed by atoms with Gasteiger partial charge in [0.05, 0.1) is 28.9 Å². The van der Waals surface area contributed by atoms with Crippen molar-refractivity contribution in [1.29, 1.82) is 0 Å². The predicted molar refractivity (Wildman–Crippen MR) is 123 cm³/mol. The molecule has 7 nitrogen and oxygen atoms in total. The highest BCUT2D eigenvalue weighted by Gasteiger charge is 2.30. The lowest BCUT2D eigenvalue weighted by molar-refractivity contribution is -0.142. The molecule has 1 aliphatic rings. The summed E-state index contributed by atoms with van der Waals surface area (Å²) >= 11 is 0. The van der Waals surface area contributed by atoms with E-state index in [-0.39, 0.29) is 11.8 Å². The van der Waals surface area contributed by atoms with Crippen molar-refractivity contribution >= 4 is 33.4 Å². The summed E-state index contributed by atoms with van der Waals surface area (Å²) < 4.78 is 1.84. The topological polar surface area (TPSA) is 96.2 Å². The molecule has 0 radical (unpaired) electrons. The van der Waals surface area contributed by atoms with Gasteiger partial charge in [0.15, 0.2) is 11.3 Å². The van der Waals surface area contributed by atoms with Gasteiger partial charge in [0, 0.05) is 11.5 Å². The summed E-state index contributed by atoms with van der Waals surface area (Å²) in [5.41, 5.74) is 5.59. The maximum absolute atomic E-state index is 11.4. The molecule has 0 bridgehead atoms. The third-order valence-electron chi connectivity index (χ3n) is 6.89. The number of carboxylic acid groups (broad SMARTS) is 1. The molecule has 3 aromatic heterocycles. The molecule has 0 saturated heterocycles. The Balaban J connectivity index is 1.52. The van der Waals surface area contributed by atoms with Crippen LogP contribution in [0.3, 0.4) is 0 Å². The summed E-state index contributed by atoms with van der Waals surface area (Å²) in [5.74, 6) is -0.723. The molecule has 0 unspecified atom stereocenters. The van der Waals surface area contributed by atoms with Crippen LogP contribution in [0.25, 0.3) is 38.6 Å². The van der Waals surface area contributed by atoms with Gasteiger partial charge in [0.25, 0.3) is 0 Å². The molecule has 1 fully saturated rings. The van der Waals surface area contributed by atoms with Crippen LogP contribution in [0, 0.1) is 12.8 Å². The first kappa shape index (κ1) is 19.0.